The first-order valence-electron chi connectivity index (χ1n) is 9.91. The second-order valence-electron chi connectivity index (χ2n) is 7.45. The number of guanidine groups is 1. The number of aliphatic imine (C=N–C) groups is 1. The van der Waals surface area contributed by atoms with Crippen LogP contribution in [0.4, 0.5) is 4.79 Å². The van der Waals surface area contributed by atoms with Crippen molar-refractivity contribution < 1.29 is 19.0 Å². The summed E-state index contributed by atoms with van der Waals surface area (Å²) in [5.41, 5.74) is 0.426. The van der Waals surface area contributed by atoms with Crippen molar-refractivity contribution in [2.75, 3.05) is 47.1 Å². The highest BCUT2D eigenvalue weighted by Gasteiger charge is 2.20. The Morgan fingerprint density at radius 3 is 2.40 bits per heavy atom. The van der Waals surface area contributed by atoms with Crippen molar-refractivity contribution >= 4 is 36.0 Å². The Labute approximate surface area is 197 Å². The molecule has 8 nitrogen and oxygen atoms in total. The molecule has 9 heteroatoms. The van der Waals surface area contributed by atoms with Crippen LogP contribution in [0, 0.1) is 0 Å². The molecule has 0 aliphatic rings. The zero-order chi connectivity index (χ0) is 21.5. The van der Waals surface area contributed by atoms with Gasteiger partial charge in [-0.2, -0.15) is 0 Å². The summed E-state index contributed by atoms with van der Waals surface area (Å²) in [6.45, 7) is 8.56. The highest BCUT2D eigenvalue weighted by atomic mass is 127. The Balaban J connectivity index is 0.00000841. The van der Waals surface area contributed by atoms with Crippen LogP contribution in [0.15, 0.2) is 35.3 Å². The number of amides is 1. The van der Waals surface area contributed by atoms with Gasteiger partial charge < -0.3 is 30.2 Å². The third-order valence-corrected chi connectivity index (χ3v) is 3.78. The summed E-state index contributed by atoms with van der Waals surface area (Å²) in [6.07, 6.45) is 0.396. The minimum absolute atomic E-state index is 0. The van der Waals surface area contributed by atoms with Crippen LogP contribution >= 0.6 is 24.0 Å². The number of carbonyl (C=O) groups excluding carboxylic acids is 1. The lowest BCUT2D eigenvalue weighted by Gasteiger charge is -2.24. The van der Waals surface area contributed by atoms with E-state index < -0.39 is 11.7 Å². The maximum Gasteiger partial charge on any atom is 0.408 e. The topological polar surface area (TPSA) is 93.2 Å². The van der Waals surface area contributed by atoms with E-state index in [1.165, 1.54) is 0 Å². The summed E-state index contributed by atoms with van der Waals surface area (Å²) in [4.78, 5) is 16.5. The maximum atomic E-state index is 12.2. The second kappa shape index (κ2) is 16.1. The van der Waals surface area contributed by atoms with Gasteiger partial charge in [-0.1, -0.05) is 30.3 Å². The van der Waals surface area contributed by atoms with Crippen molar-refractivity contribution in [1.29, 1.82) is 0 Å². The van der Waals surface area contributed by atoms with Crippen molar-refractivity contribution in [2.24, 2.45) is 4.99 Å². The Morgan fingerprint density at radius 2 is 1.80 bits per heavy atom. The second-order valence-corrected chi connectivity index (χ2v) is 7.45. The van der Waals surface area contributed by atoms with Crippen LogP contribution in [0.1, 0.15) is 38.8 Å². The van der Waals surface area contributed by atoms with Crippen LogP contribution in [0.5, 0.6) is 0 Å². The molecule has 0 aliphatic carbocycles. The number of hydrogen-bond donors (Lipinski definition) is 3. The van der Waals surface area contributed by atoms with Gasteiger partial charge >= 0.3 is 6.09 Å². The number of hydrogen-bond acceptors (Lipinski definition) is 5. The van der Waals surface area contributed by atoms with Gasteiger partial charge in [0.15, 0.2) is 5.96 Å². The molecule has 0 heterocycles. The van der Waals surface area contributed by atoms with Crippen LogP contribution < -0.4 is 16.0 Å². The minimum Gasteiger partial charge on any atom is -0.444 e. The van der Waals surface area contributed by atoms with Crippen molar-refractivity contribution in [3.8, 4) is 0 Å². The molecule has 0 fully saturated rings. The van der Waals surface area contributed by atoms with Crippen molar-refractivity contribution in [3.63, 3.8) is 0 Å². The SMILES string of the molecule is CN=C(NCCCOCCOC)NCC(NC(=O)OC(C)(C)C)c1ccccc1.I. The van der Waals surface area contributed by atoms with Gasteiger partial charge in [0.05, 0.1) is 19.3 Å². The van der Waals surface area contributed by atoms with Crippen molar-refractivity contribution in [3.05, 3.63) is 35.9 Å². The third-order valence-electron chi connectivity index (χ3n) is 3.78. The summed E-state index contributed by atoms with van der Waals surface area (Å²) in [5, 5.41) is 9.42. The Kier molecular flexibility index (Phi) is 15.3. The van der Waals surface area contributed by atoms with Gasteiger partial charge in [-0.05, 0) is 32.8 Å². The van der Waals surface area contributed by atoms with E-state index in [9.17, 15) is 4.79 Å². The predicted octanol–water partition coefficient (Wildman–Crippen LogP) is 3.09. The van der Waals surface area contributed by atoms with Gasteiger partial charge in [0.1, 0.15) is 5.60 Å². The molecule has 0 aliphatic heterocycles. The number of methoxy groups -OCH3 is 1. The number of nitrogens with zero attached hydrogens (tertiary/aromatic N) is 1. The Morgan fingerprint density at radius 1 is 1.10 bits per heavy atom. The molecule has 0 radical (unpaired) electrons. The van der Waals surface area contributed by atoms with E-state index in [0.29, 0.717) is 32.3 Å². The van der Waals surface area contributed by atoms with E-state index in [1.54, 1.807) is 14.2 Å². The molecule has 0 saturated heterocycles. The van der Waals surface area contributed by atoms with Gasteiger partial charge in [0.2, 0.25) is 0 Å². The smallest absolute Gasteiger partial charge is 0.408 e. The van der Waals surface area contributed by atoms with E-state index >= 15 is 0 Å². The summed E-state index contributed by atoms with van der Waals surface area (Å²) in [6, 6.07) is 9.50. The third kappa shape index (κ3) is 13.6. The quantitative estimate of drug-likeness (QED) is 0.174. The van der Waals surface area contributed by atoms with Crippen LogP contribution in [0.2, 0.25) is 0 Å². The molecule has 30 heavy (non-hydrogen) atoms. The zero-order valence-corrected chi connectivity index (χ0v) is 21.0. The number of halogens is 1. The Bertz CT molecular complexity index is 609. The lowest BCUT2D eigenvalue weighted by Crippen LogP contribution is -2.44. The molecular formula is C21H37IN4O4. The number of alkyl carbamates (subject to hydrolysis) is 1. The van der Waals surface area contributed by atoms with Gasteiger partial charge in [0, 0.05) is 33.9 Å². The summed E-state index contributed by atoms with van der Waals surface area (Å²) < 4.78 is 15.8. The highest BCUT2D eigenvalue weighted by molar-refractivity contribution is 14.0. The summed E-state index contributed by atoms with van der Waals surface area (Å²) >= 11 is 0. The molecule has 0 saturated carbocycles. The molecule has 1 aromatic rings. The number of rotatable bonds is 11. The molecule has 1 rings (SSSR count). The number of nitrogens with one attached hydrogen (secondary N) is 3. The monoisotopic (exact) mass is 536 g/mol. The predicted molar refractivity (Wildman–Crippen MR) is 131 cm³/mol. The molecule has 0 aromatic heterocycles. The van der Waals surface area contributed by atoms with Crippen LogP contribution in [0.25, 0.3) is 0 Å². The average Bonchev–Trinajstić information content (AvgIpc) is 2.67. The lowest BCUT2D eigenvalue weighted by atomic mass is 10.1. The molecule has 1 atom stereocenters. The molecular weight excluding hydrogens is 499 g/mol. The van der Waals surface area contributed by atoms with Crippen LogP contribution in [0.3, 0.4) is 0 Å². The molecule has 172 valence electrons. The molecule has 0 bridgehead atoms. The number of ether oxygens (including phenoxy) is 3. The van der Waals surface area contributed by atoms with E-state index in [-0.39, 0.29) is 30.0 Å². The molecule has 1 aromatic carbocycles. The van der Waals surface area contributed by atoms with Crippen LogP contribution in [-0.4, -0.2) is 64.7 Å². The normalized spacial score (nSPS) is 12.5. The number of carbonyl (C=O) groups is 1. The lowest BCUT2D eigenvalue weighted by molar-refractivity contribution is 0.0504. The average molecular weight is 536 g/mol. The highest BCUT2D eigenvalue weighted by Crippen LogP contribution is 2.14. The van der Waals surface area contributed by atoms with Crippen molar-refractivity contribution in [2.45, 2.75) is 38.8 Å². The fourth-order valence-electron chi connectivity index (χ4n) is 2.43. The van der Waals surface area contributed by atoms with Crippen molar-refractivity contribution in [1.82, 2.24) is 16.0 Å². The number of benzene rings is 1. The van der Waals surface area contributed by atoms with E-state index in [4.69, 9.17) is 14.2 Å². The van der Waals surface area contributed by atoms with Gasteiger partial charge in [-0.15, -0.1) is 24.0 Å². The first-order valence-corrected chi connectivity index (χ1v) is 9.91. The standard InChI is InChI=1S/C21H36N4O4.HI/c1-21(2,3)29-20(26)25-18(17-10-7-6-8-11-17)16-24-19(22-4)23-12-9-13-28-15-14-27-5;/h6-8,10-11,18H,9,12-16H2,1-5H3,(H,25,26)(H2,22,23,24);1H. The maximum absolute atomic E-state index is 12.2. The fourth-order valence-corrected chi connectivity index (χ4v) is 2.43. The van der Waals surface area contributed by atoms with E-state index in [0.717, 1.165) is 18.5 Å². The van der Waals surface area contributed by atoms with E-state index in [1.807, 2.05) is 51.1 Å². The van der Waals surface area contributed by atoms with Gasteiger partial charge in [-0.25, -0.2) is 4.79 Å². The minimum atomic E-state index is -0.554. The van der Waals surface area contributed by atoms with Gasteiger partial charge in [-0.3, -0.25) is 4.99 Å². The Hall–Kier alpha value is -1.59. The molecule has 1 amide bonds. The summed E-state index contributed by atoms with van der Waals surface area (Å²) in [5.74, 6) is 0.661. The molecule has 0 spiro atoms. The van der Waals surface area contributed by atoms with E-state index in [2.05, 4.69) is 20.9 Å². The van der Waals surface area contributed by atoms with Crippen LogP contribution in [-0.2, 0) is 14.2 Å². The fraction of sp³-hybridized carbons (Fsp3) is 0.619. The van der Waals surface area contributed by atoms with Gasteiger partial charge in [0.25, 0.3) is 0 Å². The zero-order valence-electron chi connectivity index (χ0n) is 18.7. The molecule has 3 N–H and O–H groups in total. The first kappa shape index (κ1) is 28.4. The molecule has 1 unspecified atom stereocenters. The largest absolute Gasteiger partial charge is 0.444 e. The summed E-state index contributed by atoms with van der Waals surface area (Å²) in [7, 11) is 3.37. The first-order chi connectivity index (χ1) is 13.9.